The molecule has 0 fully saturated rings. The van der Waals surface area contributed by atoms with Crippen LogP contribution in [0.1, 0.15) is 19.4 Å². The molecule has 0 unspecified atom stereocenters. The minimum atomic E-state index is -4.41. The van der Waals surface area contributed by atoms with Gasteiger partial charge < -0.3 is 10.1 Å². The Bertz CT molecular complexity index is 487. The quantitative estimate of drug-likeness (QED) is 0.847. The number of halogens is 3. The molecule has 0 aliphatic rings. The van der Waals surface area contributed by atoms with Gasteiger partial charge in [-0.2, -0.15) is 13.2 Å². The number of para-hydroxylation sites is 1. The number of rotatable bonds is 6. The molecular formula is C14H19F3N2O2. The van der Waals surface area contributed by atoms with E-state index in [4.69, 9.17) is 4.74 Å². The highest BCUT2D eigenvalue weighted by Crippen LogP contribution is 2.28. The van der Waals surface area contributed by atoms with E-state index in [0.29, 0.717) is 5.75 Å². The molecule has 0 bridgehead atoms. The Kier molecular flexibility index (Phi) is 5.60. The predicted molar refractivity (Wildman–Crippen MR) is 73.1 cm³/mol. The smallest absolute Gasteiger partial charge is 0.405 e. The Morgan fingerprint density at radius 1 is 1.24 bits per heavy atom. The van der Waals surface area contributed by atoms with Crippen LogP contribution in [0.2, 0.25) is 0 Å². The van der Waals surface area contributed by atoms with Crippen molar-refractivity contribution in [3.05, 3.63) is 29.8 Å². The second-order valence-corrected chi connectivity index (χ2v) is 5.07. The van der Waals surface area contributed by atoms with Gasteiger partial charge in [0.1, 0.15) is 12.3 Å². The van der Waals surface area contributed by atoms with E-state index in [0.717, 1.165) is 5.56 Å². The average molecular weight is 304 g/mol. The molecule has 1 rings (SSSR count). The molecule has 1 aromatic rings. The molecule has 118 valence electrons. The third-order valence-electron chi connectivity index (χ3n) is 2.96. The summed E-state index contributed by atoms with van der Waals surface area (Å²) in [5.74, 6) is -0.0685. The topological polar surface area (TPSA) is 50.4 Å². The number of methoxy groups -OCH3 is 1. The van der Waals surface area contributed by atoms with E-state index in [9.17, 15) is 18.0 Å². The van der Waals surface area contributed by atoms with Crippen molar-refractivity contribution in [3.63, 3.8) is 0 Å². The molecule has 0 spiro atoms. The van der Waals surface area contributed by atoms with Gasteiger partial charge in [-0.3, -0.25) is 10.1 Å². The van der Waals surface area contributed by atoms with E-state index in [1.54, 1.807) is 6.07 Å². The van der Waals surface area contributed by atoms with E-state index in [1.807, 2.05) is 37.4 Å². The molecule has 0 aliphatic carbocycles. The molecule has 2 N–H and O–H groups in total. The molecule has 1 aromatic carbocycles. The molecule has 0 aliphatic heterocycles. The SMILES string of the molecule is COc1ccccc1C(C)(C)NCC(=O)NCC(F)(F)F. The van der Waals surface area contributed by atoms with Crippen molar-refractivity contribution in [2.24, 2.45) is 0 Å². The van der Waals surface area contributed by atoms with Gasteiger partial charge in [0, 0.05) is 11.1 Å². The van der Waals surface area contributed by atoms with Crippen LogP contribution in [0.3, 0.4) is 0 Å². The highest BCUT2D eigenvalue weighted by molar-refractivity contribution is 5.78. The molecule has 0 heterocycles. The van der Waals surface area contributed by atoms with Gasteiger partial charge in [-0.25, -0.2) is 0 Å². The first kappa shape index (κ1) is 17.3. The first-order valence-corrected chi connectivity index (χ1v) is 6.38. The maximum atomic E-state index is 12.0. The number of nitrogens with one attached hydrogen (secondary N) is 2. The third-order valence-corrected chi connectivity index (χ3v) is 2.96. The van der Waals surface area contributed by atoms with Gasteiger partial charge in [0.2, 0.25) is 5.91 Å². The summed E-state index contributed by atoms with van der Waals surface area (Å²) in [5, 5.41) is 4.74. The largest absolute Gasteiger partial charge is 0.496 e. The van der Waals surface area contributed by atoms with Crippen molar-refractivity contribution in [2.75, 3.05) is 20.2 Å². The lowest BCUT2D eigenvalue weighted by molar-refractivity contribution is -0.138. The number of amides is 1. The van der Waals surface area contributed by atoms with Crippen molar-refractivity contribution >= 4 is 5.91 Å². The summed E-state index contributed by atoms with van der Waals surface area (Å²) < 4.78 is 41.2. The number of carbonyl (C=O) groups excluding carboxylic acids is 1. The zero-order valence-corrected chi connectivity index (χ0v) is 12.2. The number of alkyl halides is 3. The molecule has 0 atom stereocenters. The Morgan fingerprint density at radius 2 is 1.86 bits per heavy atom. The summed E-state index contributed by atoms with van der Waals surface area (Å²) in [6, 6.07) is 7.25. The van der Waals surface area contributed by atoms with Gasteiger partial charge in [-0.1, -0.05) is 18.2 Å². The second kappa shape index (κ2) is 6.80. The van der Waals surface area contributed by atoms with Crippen molar-refractivity contribution in [1.82, 2.24) is 10.6 Å². The first-order chi connectivity index (χ1) is 9.65. The van der Waals surface area contributed by atoms with Crippen LogP contribution < -0.4 is 15.4 Å². The summed E-state index contributed by atoms with van der Waals surface area (Å²) >= 11 is 0. The van der Waals surface area contributed by atoms with Gasteiger partial charge in [0.15, 0.2) is 0 Å². The number of benzene rings is 1. The lowest BCUT2D eigenvalue weighted by Gasteiger charge is -2.28. The molecule has 4 nitrogen and oxygen atoms in total. The summed E-state index contributed by atoms with van der Waals surface area (Å²) in [4.78, 5) is 11.4. The van der Waals surface area contributed by atoms with Crippen LogP contribution in [0, 0.1) is 0 Å². The van der Waals surface area contributed by atoms with Crippen molar-refractivity contribution in [1.29, 1.82) is 0 Å². The molecule has 0 aromatic heterocycles. The van der Waals surface area contributed by atoms with Gasteiger partial charge in [0.25, 0.3) is 0 Å². The van der Waals surface area contributed by atoms with E-state index >= 15 is 0 Å². The van der Waals surface area contributed by atoms with Crippen LogP contribution >= 0.6 is 0 Å². The van der Waals surface area contributed by atoms with E-state index in [1.165, 1.54) is 7.11 Å². The molecule has 21 heavy (non-hydrogen) atoms. The number of hydrogen-bond donors (Lipinski definition) is 2. The summed E-state index contributed by atoms with van der Waals surface area (Å²) in [5.41, 5.74) is 0.193. The van der Waals surface area contributed by atoms with Crippen molar-refractivity contribution in [3.8, 4) is 5.75 Å². The maximum Gasteiger partial charge on any atom is 0.405 e. The monoisotopic (exact) mass is 304 g/mol. The Hall–Kier alpha value is -1.76. The first-order valence-electron chi connectivity index (χ1n) is 6.38. The maximum absolute atomic E-state index is 12.0. The van der Waals surface area contributed by atoms with Crippen LogP contribution in [0.25, 0.3) is 0 Å². The highest BCUT2D eigenvalue weighted by Gasteiger charge is 2.28. The van der Waals surface area contributed by atoms with Crippen molar-refractivity contribution < 1.29 is 22.7 Å². The van der Waals surface area contributed by atoms with Crippen LogP contribution in [0.5, 0.6) is 5.75 Å². The minimum Gasteiger partial charge on any atom is -0.496 e. The minimum absolute atomic E-state index is 0.221. The Labute approximate surface area is 121 Å². The zero-order valence-electron chi connectivity index (χ0n) is 12.2. The van der Waals surface area contributed by atoms with Gasteiger partial charge >= 0.3 is 6.18 Å². The Balaban J connectivity index is 2.62. The fourth-order valence-corrected chi connectivity index (χ4v) is 1.82. The van der Waals surface area contributed by atoms with E-state index in [2.05, 4.69) is 5.32 Å². The third kappa shape index (κ3) is 5.63. The number of carbonyl (C=O) groups is 1. The number of hydrogen-bond acceptors (Lipinski definition) is 3. The normalized spacial score (nSPS) is 12.1. The van der Waals surface area contributed by atoms with Crippen LogP contribution in [-0.2, 0) is 10.3 Å². The molecule has 0 radical (unpaired) electrons. The zero-order chi connectivity index (χ0) is 16.1. The predicted octanol–water partition coefficient (Wildman–Crippen LogP) is 2.20. The molecular weight excluding hydrogens is 285 g/mol. The average Bonchev–Trinajstić information content (AvgIpc) is 2.42. The lowest BCUT2D eigenvalue weighted by Crippen LogP contribution is -2.45. The fraction of sp³-hybridized carbons (Fsp3) is 0.500. The van der Waals surface area contributed by atoms with Crippen LogP contribution in [-0.4, -0.2) is 32.3 Å². The van der Waals surface area contributed by atoms with Gasteiger partial charge in [0.05, 0.1) is 13.7 Å². The van der Waals surface area contributed by atoms with E-state index < -0.39 is 24.2 Å². The Morgan fingerprint density at radius 3 is 2.43 bits per heavy atom. The molecule has 0 saturated heterocycles. The second-order valence-electron chi connectivity index (χ2n) is 5.07. The summed E-state index contributed by atoms with van der Waals surface area (Å²) in [7, 11) is 1.53. The lowest BCUT2D eigenvalue weighted by atomic mass is 9.93. The standard InChI is InChI=1S/C14H19F3N2O2/c1-13(2,10-6-4-5-7-11(10)21-3)19-8-12(20)18-9-14(15,16)17/h4-7,19H,8-9H2,1-3H3,(H,18,20). The fourth-order valence-electron chi connectivity index (χ4n) is 1.82. The van der Waals surface area contributed by atoms with E-state index in [-0.39, 0.29) is 6.54 Å². The molecule has 1 amide bonds. The highest BCUT2D eigenvalue weighted by atomic mass is 19.4. The van der Waals surface area contributed by atoms with Gasteiger partial charge in [-0.15, -0.1) is 0 Å². The summed E-state index contributed by atoms with van der Waals surface area (Å²) in [6.45, 7) is 2.09. The summed E-state index contributed by atoms with van der Waals surface area (Å²) in [6.07, 6.45) is -4.41. The number of ether oxygens (including phenoxy) is 1. The molecule has 0 saturated carbocycles. The molecule has 7 heteroatoms. The van der Waals surface area contributed by atoms with Crippen LogP contribution in [0.15, 0.2) is 24.3 Å². The van der Waals surface area contributed by atoms with Crippen LogP contribution in [0.4, 0.5) is 13.2 Å². The van der Waals surface area contributed by atoms with Gasteiger partial charge in [-0.05, 0) is 19.9 Å². The van der Waals surface area contributed by atoms with Crippen molar-refractivity contribution in [2.45, 2.75) is 25.6 Å².